The molecule has 20 heavy (non-hydrogen) atoms. The van der Waals surface area contributed by atoms with Crippen LogP contribution < -0.4 is 5.32 Å². The lowest BCUT2D eigenvalue weighted by Gasteiger charge is -2.02. The molecule has 0 spiro atoms. The van der Waals surface area contributed by atoms with E-state index in [-0.39, 0.29) is 17.2 Å². The number of nitrogens with zero attached hydrogens (tertiary/aromatic N) is 3. The number of amides is 1. The minimum absolute atomic E-state index is 0.00111. The van der Waals surface area contributed by atoms with Crippen LogP contribution in [-0.2, 0) is 0 Å². The molecule has 0 aliphatic carbocycles. The molecule has 1 aromatic carbocycles. The van der Waals surface area contributed by atoms with Gasteiger partial charge in [-0.25, -0.2) is 0 Å². The van der Waals surface area contributed by atoms with Crippen molar-refractivity contribution in [3.8, 4) is 0 Å². The van der Waals surface area contributed by atoms with Crippen LogP contribution in [0.25, 0.3) is 0 Å². The fourth-order valence-electron chi connectivity index (χ4n) is 1.51. The Morgan fingerprint density at radius 3 is 2.65 bits per heavy atom. The molecular weight excluding hydrogens is 280 g/mol. The summed E-state index contributed by atoms with van der Waals surface area (Å²) in [5, 5.41) is 22.3. The fourth-order valence-corrected chi connectivity index (χ4v) is 2.25. The monoisotopic (exact) mass is 292 g/mol. The molecule has 0 unspecified atom stereocenters. The van der Waals surface area contributed by atoms with Crippen LogP contribution in [0.1, 0.15) is 35.1 Å². The smallest absolute Gasteiger partial charge is 0.282 e. The second-order valence-corrected chi connectivity index (χ2v) is 5.34. The van der Waals surface area contributed by atoms with Crippen LogP contribution in [0.2, 0.25) is 0 Å². The van der Waals surface area contributed by atoms with Gasteiger partial charge in [0, 0.05) is 12.0 Å². The summed E-state index contributed by atoms with van der Waals surface area (Å²) in [6.07, 6.45) is 0. The number of nitro benzene ring substituents is 1. The summed E-state index contributed by atoms with van der Waals surface area (Å²) < 4.78 is 0. The van der Waals surface area contributed by atoms with Crippen molar-refractivity contribution < 1.29 is 9.72 Å². The van der Waals surface area contributed by atoms with Gasteiger partial charge in [0.1, 0.15) is 10.6 Å². The molecule has 0 saturated carbocycles. The van der Waals surface area contributed by atoms with Gasteiger partial charge in [0.15, 0.2) is 0 Å². The Morgan fingerprint density at radius 1 is 1.35 bits per heavy atom. The first-order chi connectivity index (χ1) is 9.49. The number of hydrogen-bond acceptors (Lipinski definition) is 6. The maximum Gasteiger partial charge on any atom is 0.282 e. The van der Waals surface area contributed by atoms with E-state index in [1.54, 1.807) is 6.07 Å². The number of carbonyl (C=O) groups is 1. The molecule has 2 aromatic rings. The highest BCUT2D eigenvalue weighted by Crippen LogP contribution is 2.24. The molecule has 0 bridgehead atoms. The summed E-state index contributed by atoms with van der Waals surface area (Å²) in [5.41, 5.74) is -0.239. The Kier molecular flexibility index (Phi) is 4.04. The van der Waals surface area contributed by atoms with Gasteiger partial charge in [-0.1, -0.05) is 37.3 Å². The molecule has 1 aromatic heterocycles. The summed E-state index contributed by atoms with van der Waals surface area (Å²) in [7, 11) is 0. The lowest BCUT2D eigenvalue weighted by molar-refractivity contribution is -0.385. The van der Waals surface area contributed by atoms with Crippen molar-refractivity contribution in [1.29, 1.82) is 0 Å². The van der Waals surface area contributed by atoms with Crippen molar-refractivity contribution in [2.75, 3.05) is 5.32 Å². The molecule has 2 rings (SSSR count). The zero-order chi connectivity index (χ0) is 14.7. The highest BCUT2D eigenvalue weighted by Gasteiger charge is 2.20. The van der Waals surface area contributed by atoms with Crippen LogP contribution in [0.4, 0.5) is 10.8 Å². The Hall–Kier alpha value is -2.35. The van der Waals surface area contributed by atoms with E-state index >= 15 is 0 Å². The highest BCUT2D eigenvalue weighted by molar-refractivity contribution is 7.15. The van der Waals surface area contributed by atoms with Gasteiger partial charge >= 0.3 is 0 Å². The fraction of sp³-hybridized carbons (Fsp3) is 0.250. The van der Waals surface area contributed by atoms with Gasteiger partial charge < -0.3 is 0 Å². The van der Waals surface area contributed by atoms with Crippen LogP contribution in [0.5, 0.6) is 0 Å². The van der Waals surface area contributed by atoms with Gasteiger partial charge in [-0.3, -0.25) is 20.2 Å². The van der Waals surface area contributed by atoms with Gasteiger partial charge in [-0.05, 0) is 6.07 Å². The topological polar surface area (TPSA) is 98.0 Å². The maximum atomic E-state index is 12.0. The van der Waals surface area contributed by atoms with Crippen LogP contribution in [-0.4, -0.2) is 21.0 Å². The van der Waals surface area contributed by atoms with Crippen LogP contribution in [0.15, 0.2) is 24.3 Å². The minimum Gasteiger partial charge on any atom is -0.296 e. The number of benzene rings is 1. The molecule has 0 aliphatic rings. The summed E-state index contributed by atoms with van der Waals surface area (Å²) in [6, 6.07) is 5.77. The van der Waals surface area contributed by atoms with Crippen molar-refractivity contribution >= 4 is 28.1 Å². The van der Waals surface area contributed by atoms with Gasteiger partial charge in [-0.2, -0.15) is 0 Å². The zero-order valence-electron chi connectivity index (χ0n) is 10.9. The number of nitrogens with one attached hydrogen (secondary N) is 1. The van der Waals surface area contributed by atoms with Gasteiger partial charge in [0.2, 0.25) is 5.13 Å². The molecule has 0 radical (unpaired) electrons. The predicted octanol–water partition coefficient (Wildman–Crippen LogP) is 2.82. The number of anilines is 1. The predicted molar refractivity (Wildman–Crippen MR) is 75.0 cm³/mol. The number of carbonyl (C=O) groups excluding carboxylic acids is 1. The van der Waals surface area contributed by atoms with E-state index in [0.29, 0.717) is 5.13 Å². The summed E-state index contributed by atoms with van der Waals surface area (Å²) in [5.74, 6) is -0.354. The third-order valence-corrected chi connectivity index (χ3v) is 3.64. The molecule has 0 aliphatic heterocycles. The third-order valence-electron chi connectivity index (χ3n) is 2.50. The van der Waals surface area contributed by atoms with Crippen molar-refractivity contribution in [3.05, 3.63) is 45.0 Å². The second-order valence-electron chi connectivity index (χ2n) is 4.33. The molecule has 1 heterocycles. The standard InChI is InChI=1S/C12H12N4O3S/c1-7(2)11-14-15-12(20-11)13-10(17)8-5-3-4-6-9(8)16(18)19/h3-7H,1-2H3,(H,13,15,17). The SMILES string of the molecule is CC(C)c1nnc(NC(=O)c2ccccc2[N+](=O)[O-])s1. The first-order valence-electron chi connectivity index (χ1n) is 5.87. The van der Waals surface area contributed by atoms with Crippen LogP contribution in [0, 0.1) is 10.1 Å². The molecule has 7 nitrogen and oxygen atoms in total. The van der Waals surface area contributed by atoms with E-state index in [0.717, 1.165) is 5.01 Å². The third kappa shape index (κ3) is 2.97. The van der Waals surface area contributed by atoms with E-state index < -0.39 is 10.8 Å². The summed E-state index contributed by atoms with van der Waals surface area (Å²) in [6.45, 7) is 3.93. The van der Waals surface area contributed by atoms with Crippen LogP contribution >= 0.6 is 11.3 Å². The number of aromatic nitrogens is 2. The van der Waals surface area contributed by atoms with Crippen molar-refractivity contribution in [2.45, 2.75) is 19.8 Å². The van der Waals surface area contributed by atoms with E-state index in [1.807, 2.05) is 13.8 Å². The highest BCUT2D eigenvalue weighted by atomic mass is 32.1. The largest absolute Gasteiger partial charge is 0.296 e. The zero-order valence-corrected chi connectivity index (χ0v) is 11.7. The van der Waals surface area contributed by atoms with E-state index in [1.165, 1.54) is 29.5 Å². The Morgan fingerprint density at radius 2 is 2.05 bits per heavy atom. The molecule has 0 saturated heterocycles. The molecule has 104 valence electrons. The molecular formula is C12H12N4O3S. The average molecular weight is 292 g/mol. The lowest BCUT2D eigenvalue weighted by Crippen LogP contribution is -2.13. The minimum atomic E-state index is -0.589. The van der Waals surface area contributed by atoms with Gasteiger partial charge in [0.25, 0.3) is 11.6 Å². The molecule has 0 atom stereocenters. The lowest BCUT2D eigenvalue weighted by atomic mass is 10.1. The van der Waals surface area contributed by atoms with Gasteiger partial charge in [0.05, 0.1) is 4.92 Å². The van der Waals surface area contributed by atoms with Crippen molar-refractivity contribution in [3.63, 3.8) is 0 Å². The summed E-state index contributed by atoms with van der Waals surface area (Å²) in [4.78, 5) is 22.3. The second kappa shape index (κ2) is 5.74. The average Bonchev–Trinajstić information content (AvgIpc) is 2.87. The molecule has 8 heteroatoms. The first kappa shape index (κ1) is 14.1. The number of para-hydroxylation sites is 1. The Balaban J connectivity index is 2.22. The van der Waals surface area contributed by atoms with Crippen LogP contribution in [0.3, 0.4) is 0 Å². The van der Waals surface area contributed by atoms with Crippen molar-refractivity contribution in [2.24, 2.45) is 0 Å². The Labute approximate surface area is 118 Å². The number of nitro groups is 1. The van der Waals surface area contributed by atoms with E-state index in [9.17, 15) is 14.9 Å². The van der Waals surface area contributed by atoms with E-state index in [4.69, 9.17) is 0 Å². The molecule has 1 N–H and O–H groups in total. The quantitative estimate of drug-likeness (QED) is 0.690. The molecule has 1 amide bonds. The first-order valence-corrected chi connectivity index (χ1v) is 6.69. The Bertz CT molecular complexity index is 654. The normalized spacial score (nSPS) is 10.6. The van der Waals surface area contributed by atoms with Gasteiger partial charge in [-0.15, -0.1) is 10.2 Å². The van der Waals surface area contributed by atoms with Crippen molar-refractivity contribution in [1.82, 2.24) is 10.2 Å². The summed E-state index contributed by atoms with van der Waals surface area (Å²) >= 11 is 1.25. The number of hydrogen-bond donors (Lipinski definition) is 1. The molecule has 0 fully saturated rings. The van der Waals surface area contributed by atoms with E-state index in [2.05, 4.69) is 15.5 Å². The maximum absolute atomic E-state index is 12.0. The number of rotatable bonds is 4.